The van der Waals surface area contributed by atoms with Gasteiger partial charge >= 0.3 is 5.97 Å². The number of hydrogen-bond acceptors (Lipinski definition) is 5. The molecule has 2 unspecified atom stereocenters. The van der Waals surface area contributed by atoms with Crippen molar-refractivity contribution in [1.29, 1.82) is 0 Å². The lowest BCUT2D eigenvalue weighted by molar-refractivity contribution is -0.126. The first-order valence-corrected chi connectivity index (χ1v) is 10.2. The first kappa shape index (κ1) is 21.3. The van der Waals surface area contributed by atoms with Crippen LogP contribution >= 0.6 is 0 Å². The molecule has 2 heterocycles. The lowest BCUT2D eigenvalue weighted by Crippen LogP contribution is -2.53. The van der Waals surface area contributed by atoms with Gasteiger partial charge in [-0.3, -0.25) is 19.4 Å². The van der Waals surface area contributed by atoms with Crippen molar-refractivity contribution in [3.8, 4) is 0 Å². The van der Waals surface area contributed by atoms with Gasteiger partial charge in [0.25, 0.3) is 0 Å². The van der Waals surface area contributed by atoms with Crippen LogP contribution in [-0.4, -0.2) is 72.7 Å². The van der Waals surface area contributed by atoms with Crippen LogP contribution in [0.5, 0.6) is 0 Å². The van der Waals surface area contributed by atoms with Crippen molar-refractivity contribution >= 4 is 29.2 Å². The van der Waals surface area contributed by atoms with Crippen LogP contribution in [0.15, 0.2) is 18.2 Å². The van der Waals surface area contributed by atoms with E-state index in [1.54, 1.807) is 11.0 Å². The summed E-state index contributed by atoms with van der Waals surface area (Å²) < 4.78 is 5.72. The fraction of sp³-hybridized carbons (Fsp3) is 0.571. The SMILES string of the molecule is CCCCN1C(=O)CN(C(=O)CN2CC(C)OC(C)C2)c2cc(C(=O)O)ccc21. The average molecular weight is 403 g/mol. The van der Waals surface area contributed by atoms with Gasteiger partial charge in [-0.25, -0.2) is 4.79 Å². The van der Waals surface area contributed by atoms with E-state index in [1.807, 2.05) is 25.7 Å². The van der Waals surface area contributed by atoms with Crippen LogP contribution < -0.4 is 9.80 Å². The number of morpholine rings is 1. The summed E-state index contributed by atoms with van der Waals surface area (Å²) in [7, 11) is 0. The van der Waals surface area contributed by atoms with E-state index < -0.39 is 5.97 Å². The summed E-state index contributed by atoms with van der Waals surface area (Å²) in [6, 6.07) is 4.60. The predicted molar refractivity (Wildman–Crippen MR) is 109 cm³/mol. The van der Waals surface area contributed by atoms with E-state index in [0.29, 0.717) is 31.0 Å². The topological polar surface area (TPSA) is 90.4 Å². The molecule has 1 saturated heterocycles. The number of rotatable bonds is 6. The van der Waals surface area contributed by atoms with Gasteiger partial charge in [0.1, 0.15) is 6.54 Å². The minimum absolute atomic E-state index is 0.0324. The molecular weight excluding hydrogens is 374 g/mol. The standard InChI is InChI=1S/C21H29N3O5/c1-4-5-8-23-17-7-6-16(21(27)28)9-18(17)24(13-20(23)26)19(25)12-22-10-14(2)29-15(3)11-22/h6-7,9,14-15H,4-5,8,10-13H2,1-3H3,(H,27,28). The van der Waals surface area contributed by atoms with E-state index in [2.05, 4.69) is 0 Å². The Morgan fingerprint density at radius 1 is 1.17 bits per heavy atom. The van der Waals surface area contributed by atoms with E-state index >= 15 is 0 Å². The Labute approximate surface area is 171 Å². The smallest absolute Gasteiger partial charge is 0.335 e. The number of unbranched alkanes of at least 4 members (excludes halogenated alkanes) is 1. The molecule has 0 aromatic heterocycles. The lowest BCUT2D eigenvalue weighted by atomic mass is 10.1. The number of carboxylic acid groups (broad SMARTS) is 1. The summed E-state index contributed by atoms with van der Waals surface area (Å²) >= 11 is 0. The van der Waals surface area contributed by atoms with E-state index in [1.165, 1.54) is 17.0 Å². The van der Waals surface area contributed by atoms with Gasteiger partial charge in [0.15, 0.2) is 0 Å². The maximum atomic E-state index is 13.1. The van der Waals surface area contributed by atoms with Gasteiger partial charge in [-0.05, 0) is 38.5 Å². The second kappa shape index (κ2) is 8.92. The molecule has 2 aliphatic rings. The van der Waals surface area contributed by atoms with Crippen LogP contribution in [0.25, 0.3) is 0 Å². The van der Waals surface area contributed by atoms with Gasteiger partial charge < -0.3 is 14.7 Å². The minimum Gasteiger partial charge on any atom is -0.478 e. The second-order valence-electron chi connectivity index (χ2n) is 7.84. The molecular formula is C21H29N3O5. The highest BCUT2D eigenvalue weighted by molar-refractivity contribution is 6.12. The third-order valence-corrected chi connectivity index (χ3v) is 5.29. The number of hydrogen-bond donors (Lipinski definition) is 1. The maximum Gasteiger partial charge on any atom is 0.335 e. The minimum atomic E-state index is -1.06. The molecule has 1 aromatic carbocycles. The second-order valence-corrected chi connectivity index (χ2v) is 7.84. The number of nitrogens with zero attached hydrogens (tertiary/aromatic N) is 3. The van der Waals surface area contributed by atoms with Crippen LogP contribution in [0.4, 0.5) is 11.4 Å². The molecule has 2 aliphatic heterocycles. The van der Waals surface area contributed by atoms with E-state index in [4.69, 9.17) is 4.74 Å². The number of anilines is 2. The Balaban J connectivity index is 1.88. The molecule has 1 fully saturated rings. The summed E-state index contributed by atoms with van der Waals surface area (Å²) in [6.45, 7) is 7.91. The maximum absolute atomic E-state index is 13.1. The summed E-state index contributed by atoms with van der Waals surface area (Å²) in [5.74, 6) is -1.42. The van der Waals surface area contributed by atoms with Gasteiger partial charge in [0.2, 0.25) is 11.8 Å². The summed E-state index contributed by atoms with van der Waals surface area (Å²) in [6.07, 6.45) is 1.83. The van der Waals surface area contributed by atoms with Crippen LogP contribution in [-0.2, 0) is 14.3 Å². The number of amides is 2. The first-order valence-electron chi connectivity index (χ1n) is 10.2. The van der Waals surface area contributed by atoms with Crippen molar-refractivity contribution in [2.45, 2.75) is 45.8 Å². The molecule has 3 rings (SSSR count). The molecule has 2 atom stereocenters. The van der Waals surface area contributed by atoms with Gasteiger partial charge in [0.05, 0.1) is 35.7 Å². The Hall–Kier alpha value is -2.45. The highest BCUT2D eigenvalue weighted by Crippen LogP contribution is 2.35. The zero-order valence-corrected chi connectivity index (χ0v) is 17.3. The average Bonchev–Trinajstić information content (AvgIpc) is 2.65. The Bertz CT molecular complexity index is 787. The molecule has 29 heavy (non-hydrogen) atoms. The number of carbonyl (C=O) groups is 3. The summed E-state index contributed by atoms with van der Waals surface area (Å²) in [5, 5.41) is 9.38. The van der Waals surface area contributed by atoms with E-state index in [0.717, 1.165) is 12.8 Å². The summed E-state index contributed by atoms with van der Waals surface area (Å²) in [5.41, 5.74) is 1.18. The van der Waals surface area contributed by atoms with Crippen molar-refractivity contribution in [1.82, 2.24) is 4.90 Å². The number of ether oxygens (including phenoxy) is 1. The van der Waals surface area contributed by atoms with Crippen molar-refractivity contribution < 1.29 is 24.2 Å². The first-order chi connectivity index (χ1) is 13.8. The molecule has 0 radical (unpaired) electrons. The molecule has 158 valence electrons. The van der Waals surface area contributed by atoms with Crippen molar-refractivity contribution in [3.63, 3.8) is 0 Å². The fourth-order valence-corrected chi connectivity index (χ4v) is 4.02. The largest absolute Gasteiger partial charge is 0.478 e. The van der Waals surface area contributed by atoms with Gasteiger partial charge in [-0.1, -0.05) is 13.3 Å². The van der Waals surface area contributed by atoms with Crippen LogP contribution in [0, 0.1) is 0 Å². The fourth-order valence-electron chi connectivity index (χ4n) is 4.02. The molecule has 0 saturated carbocycles. The van der Waals surface area contributed by atoms with E-state index in [9.17, 15) is 19.5 Å². The van der Waals surface area contributed by atoms with Crippen molar-refractivity contribution in [2.75, 3.05) is 42.5 Å². The van der Waals surface area contributed by atoms with Crippen LogP contribution in [0.3, 0.4) is 0 Å². The molecule has 8 nitrogen and oxygen atoms in total. The van der Waals surface area contributed by atoms with Gasteiger partial charge in [0, 0.05) is 19.6 Å². The lowest BCUT2D eigenvalue weighted by Gasteiger charge is -2.39. The normalized spacial score (nSPS) is 22.5. The number of carboxylic acids is 1. The number of aromatic carboxylic acids is 1. The summed E-state index contributed by atoms with van der Waals surface area (Å²) in [4.78, 5) is 42.5. The zero-order chi connectivity index (χ0) is 21.1. The Kier molecular flexibility index (Phi) is 6.54. The molecule has 8 heteroatoms. The van der Waals surface area contributed by atoms with Gasteiger partial charge in [-0.15, -0.1) is 0 Å². The number of carbonyl (C=O) groups excluding carboxylic acids is 2. The molecule has 2 amide bonds. The molecule has 0 aliphatic carbocycles. The number of benzene rings is 1. The molecule has 0 spiro atoms. The third-order valence-electron chi connectivity index (χ3n) is 5.29. The zero-order valence-electron chi connectivity index (χ0n) is 17.3. The van der Waals surface area contributed by atoms with E-state index in [-0.39, 0.29) is 42.7 Å². The number of fused-ring (bicyclic) bond motifs is 1. The molecule has 1 N–H and O–H groups in total. The molecule has 1 aromatic rings. The van der Waals surface area contributed by atoms with Crippen LogP contribution in [0.1, 0.15) is 44.0 Å². The predicted octanol–water partition coefficient (Wildman–Crippen LogP) is 1.97. The highest BCUT2D eigenvalue weighted by Gasteiger charge is 2.34. The Morgan fingerprint density at radius 3 is 2.48 bits per heavy atom. The Morgan fingerprint density at radius 2 is 1.86 bits per heavy atom. The quantitative estimate of drug-likeness (QED) is 0.781. The van der Waals surface area contributed by atoms with Crippen molar-refractivity contribution in [3.05, 3.63) is 23.8 Å². The molecule has 0 bridgehead atoms. The van der Waals surface area contributed by atoms with Crippen molar-refractivity contribution in [2.24, 2.45) is 0 Å². The van der Waals surface area contributed by atoms with Gasteiger partial charge in [-0.2, -0.15) is 0 Å². The van der Waals surface area contributed by atoms with Crippen LogP contribution in [0.2, 0.25) is 0 Å². The highest BCUT2D eigenvalue weighted by atomic mass is 16.5. The monoisotopic (exact) mass is 403 g/mol. The third kappa shape index (κ3) is 4.76.